The lowest BCUT2D eigenvalue weighted by Crippen LogP contribution is -2.47. The van der Waals surface area contributed by atoms with Crippen LogP contribution in [0, 0.1) is 44.3 Å². The second-order valence-electron chi connectivity index (χ2n) is 24.6. The van der Waals surface area contributed by atoms with Crippen LogP contribution in [0.25, 0.3) is 0 Å². The topological polar surface area (TPSA) is 293 Å². The summed E-state index contributed by atoms with van der Waals surface area (Å²) in [4.78, 5) is 124. The zero-order valence-electron chi connectivity index (χ0n) is 50.9. The number of amides is 1. The van der Waals surface area contributed by atoms with Gasteiger partial charge in [-0.2, -0.15) is 26.3 Å². The molecule has 2 aliphatic rings. The molecular formula is C59H80F7NO22. The Kier molecular flexibility index (Phi) is 29.2. The van der Waals surface area contributed by atoms with Crippen LogP contribution in [0.4, 0.5) is 35.5 Å². The predicted octanol–water partition coefficient (Wildman–Crippen LogP) is 8.47. The van der Waals surface area contributed by atoms with Crippen LogP contribution < -0.4 is 5.32 Å². The van der Waals surface area contributed by atoms with Gasteiger partial charge in [0.2, 0.25) is 0 Å². The minimum absolute atomic E-state index is 0.0738. The molecule has 0 aromatic carbocycles. The lowest BCUT2D eigenvalue weighted by molar-refractivity contribution is -0.447. The minimum atomic E-state index is -5.84. The summed E-state index contributed by atoms with van der Waals surface area (Å²) in [7, 11) is 0. The van der Waals surface area contributed by atoms with E-state index in [2.05, 4.69) is 57.2 Å². The van der Waals surface area contributed by atoms with Gasteiger partial charge in [0.1, 0.15) is 63.7 Å². The van der Waals surface area contributed by atoms with E-state index >= 15 is 0 Å². The number of carbonyl (C=O) groups is 10. The van der Waals surface area contributed by atoms with Gasteiger partial charge >= 0.3 is 78.1 Å². The molecule has 502 valence electrons. The summed E-state index contributed by atoms with van der Waals surface area (Å²) in [5.41, 5.74) is -6.57. The molecule has 2 saturated carbocycles. The normalized spacial score (nSPS) is 20.2. The number of nitrogens with one attached hydrogen (secondary N) is 1. The van der Waals surface area contributed by atoms with Crippen LogP contribution in [0.1, 0.15) is 106 Å². The van der Waals surface area contributed by atoms with Crippen molar-refractivity contribution in [3.05, 3.63) is 63.3 Å². The first kappa shape index (κ1) is 77.7. The average molecular weight is 1290 g/mol. The van der Waals surface area contributed by atoms with E-state index in [0.717, 1.165) is 37.3 Å². The summed E-state index contributed by atoms with van der Waals surface area (Å²) >= 11 is 0. The smallest absolute Gasteiger partial charge is 0.416 e. The van der Waals surface area contributed by atoms with E-state index < -0.39 is 208 Å². The standard InChI is InChI=1S/C59H80F7NO22/c1-13-41(69)79-29-55(28-78-38(6)68,30-80-42(70)14-2)34-84-46(74)18-39-19-51(7,8)26-53(11,21-39)23-48(76)86-37-58(63,64)89-59(65,66)49(60)88-57(61,62)36-85-47(75)24-54(12)22-40(20-52(9,10)27-54)25-67-50(77)87-35-56(31-81-43(71)15-3,32-82-44(72)16-4)33-83-45(73)17-5/h13-17,39-40,49H,1-5,18-37H2,6-12H3,(H,67,77). The molecule has 23 nitrogen and oxygen atoms in total. The summed E-state index contributed by atoms with van der Waals surface area (Å²) < 4.78 is 161. The van der Waals surface area contributed by atoms with Crippen molar-refractivity contribution in [1.29, 1.82) is 0 Å². The Labute approximate surface area is 510 Å². The molecule has 0 aliphatic heterocycles. The molecule has 2 rings (SSSR count). The summed E-state index contributed by atoms with van der Waals surface area (Å²) in [5, 5.41) is 2.55. The van der Waals surface area contributed by atoms with Crippen LogP contribution in [0.5, 0.6) is 0 Å². The monoisotopic (exact) mass is 1290 g/mol. The van der Waals surface area contributed by atoms with E-state index in [-0.39, 0.29) is 38.6 Å². The van der Waals surface area contributed by atoms with Gasteiger partial charge in [0.15, 0.2) is 13.2 Å². The fraction of sp³-hybridized carbons (Fsp3) is 0.661. The molecule has 0 spiro atoms. The van der Waals surface area contributed by atoms with Gasteiger partial charge in [0, 0.05) is 50.3 Å². The summed E-state index contributed by atoms with van der Waals surface area (Å²) in [6, 6.07) is 0. The molecule has 0 heterocycles. The lowest BCUT2D eigenvalue weighted by Gasteiger charge is -2.46. The fourth-order valence-electron chi connectivity index (χ4n) is 11.1. The maximum Gasteiger partial charge on any atom is 0.416 e. The molecule has 0 saturated heterocycles. The molecule has 2 aliphatic carbocycles. The second kappa shape index (κ2) is 33.5. The Bertz CT molecular complexity index is 2490. The van der Waals surface area contributed by atoms with Crippen molar-refractivity contribution in [1.82, 2.24) is 5.32 Å². The molecule has 0 aromatic heterocycles. The van der Waals surface area contributed by atoms with Gasteiger partial charge in [-0.3, -0.25) is 23.9 Å². The Hall–Kier alpha value is -7.37. The minimum Gasteiger partial charge on any atom is -0.465 e. The molecule has 5 atom stereocenters. The van der Waals surface area contributed by atoms with Crippen LogP contribution in [-0.2, 0) is 100.0 Å². The summed E-state index contributed by atoms with van der Waals surface area (Å²) in [6.45, 7) is 18.6. The van der Waals surface area contributed by atoms with Crippen LogP contribution >= 0.6 is 0 Å². The van der Waals surface area contributed by atoms with E-state index in [1.807, 2.05) is 13.8 Å². The second-order valence-corrected chi connectivity index (χ2v) is 24.6. The van der Waals surface area contributed by atoms with Crippen molar-refractivity contribution in [2.45, 2.75) is 131 Å². The molecule has 89 heavy (non-hydrogen) atoms. The molecule has 0 aromatic rings. The lowest BCUT2D eigenvalue weighted by atomic mass is 9.59. The van der Waals surface area contributed by atoms with Crippen molar-refractivity contribution in [2.75, 3.05) is 72.6 Å². The molecule has 1 amide bonds. The highest BCUT2D eigenvalue weighted by atomic mass is 19.3. The van der Waals surface area contributed by atoms with Gasteiger partial charge in [-0.1, -0.05) is 74.4 Å². The quantitative estimate of drug-likeness (QED) is 0.0262. The summed E-state index contributed by atoms with van der Waals surface area (Å²) in [6.07, 6.45) is -17.6. The first-order valence-corrected chi connectivity index (χ1v) is 27.6. The Morgan fingerprint density at radius 1 is 0.472 bits per heavy atom. The van der Waals surface area contributed by atoms with Crippen LogP contribution in [0.2, 0.25) is 0 Å². The van der Waals surface area contributed by atoms with Crippen molar-refractivity contribution >= 4 is 59.8 Å². The largest absolute Gasteiger partial charge is 0.465 e. The highest BCUT2D eigenvalue weighted by molar-refractivity contribution is 5.83. The third-order valence-electron chi connectivity index (χ3n) is 13.9. The molecular weight excluding hydrogens is 1210 g/mol. The SMILES string of the molecule is C=CC(=O)OCC(COC(C)=O)(COC(=O)C=C)COC(=O)CC1CC(C)(C)CC(C)(CC(=O)OCC(F)(F)OC(F)(F)C(F)OC(F)(F)COC(=O)CC2(C)CC(CNC(=O)OCC(COC(=O)C=C)(COC(=O)C=C)COC(=O)C=C)CC(C)(C)C2)C1. The van der Waals surface area contributed by atoms with E-state index in [9.17, 15) is 78.7 Å². The van der Waals surface area contributed by atoms with Crippen molar-refractivity contribution < 1.29 is 136 Å². The van der Waals surface area contributed by atoms with Crippen molar-refractivity contribution in [2.24, 2.45) is 44.3 Å². The molecule has 5 unspecified atom stereocenters. The third-order valence-corrected chi connectivity index (χ3v) is 13.9. The van der Waals surface area contributed by atoms with Crippen LogP contribution in [-0.4, -0.2) is 157 Å². The first-order chi connectivity index (χ1) is 41.0. The Morgan fingerprint density at radius 2 is 0.809 bits per heavy atom. The van der Waals surface area contributed by atoms with Gasteiger partial charge < -0.3 is 52.7 Å². The van der Waals surface area contributed by atoms with E-state index in [1.165, 1.54) is 0 Å². The highest BCUT2D eigenvalue weighted by Gasteiger charge is 2.56. The number of carbonyl (C=O) groups excluding carboxylic acids is 10. The maximum absolute atomic E-state index is 14.8. The van der Waals surface area contributed by atoms with Gasteiger partial charge in [-0.05, 0) is 72.0 Å². The highest BCUT2D eigenvalue weighted by Crippen LogP contribution is 2.52. The third kappa shape index (κ3) is 29.2. The maximum atomic E-state index is 14.8. The number of esters is 9. The van der Waals surface area contributed by atoms with Gasteiger partial charge in [0.25, 0.3) is 6.36 Å². The molecule has 0 bridgehead atoms. The fourth-order valence-corrected chi connectivity index (χ4v) is 11.1. The Balaban J connectivity index is 2.03. The number of hydrogen-bond donors (Lipinski definition) is 1. The van der Waals surface area contributed by atoms with Crippen molar-refractivity contribution in [3.63, 3.8) is 0 Å². The summed E-state index contributed by atoms with van der Waals surface area (Å²) in [5.74, 6) is -9.86. The molecule has 2 fully saturated rings. The molecule has 1 N–H and O–H groups in total. The predicted molar refractivity (Wildman–Crippen MR) is 294 cm³/mol. The van der Waals surface area contributed by atoms with E-state index in [0.29, 0.717) is 12.8 Å². The number of hydrogen-bond acceptors (Lipinski definition) is 22. The number of rotatable bonds is 38. The Morgan fingerprint density at radius 3 is 1.20 bits per heavy atom. The van der Waals surface area contributed by atoms with Crippen LogP contribution in [0.15, 0.2) is 63.3 Å². The average Bonchev–Trinajstić information content (AvgIpc) is 2.11. The van der Waals surface area contributed by atoms with Gasteiger partial charge in [0.05, 0.1) is 12.8 Å². The van der Waals surface area contributed by atoms with E-state index in [4.69, 9.17) is 37.9 Å². The van der Waals surface area contributed by atoms with Gasteiger partial charge in [-0.15, -0.1) is 0 Å². The van der Waals surface area contributed by atoms with Crippen LogP contribution in [0.3, 0.4) is 0 Å². The number of ether oxygens (including phenoxy) is 12. The van der Waals surface area contributed by atoms with Gasteiger partial charge in [-0.25, -0.2) is 37.9 Å². The van der Waals surface area contributed by atoms with E-state index in [1.54, 1.807) is 27.7 Å². The number of halogens is 7. The number of alkyl halides is 7. The van der Waals surface area contributed by atoms with Crippen molar-refractivity contribution in [3.8, 4) is 0 Å². The zero-order chi connectivity index (χ0) is 67.9. The number of alkyl carbamates (subject to hydrolysis) is 1. The first-order valence-electron chi connectivity index (χ1n) is 27.6. The zero-order valence-corrected chi connectivity index (χ0v) is 50.9. The molecule has 0 radical (unpaired) electrons. The molecule has 30 heteroatoms.